The Hall–Kier alpha value is -2.87. The first-order chi connectivity index (χ1) is 13.7. The Morgan fingerprint density at radius 3 is 2.71 bits per heavy atom. The van der Waals surface area contributed by atoms with Gasteiger partial charge >= 0.3 is 0 Å². The highest BCUT2D eigenvalue weighted by molar-refractivity contribution is 7.13. The predicted molar refractivity (Wildman–Crippen MR) is 105 cm³/mol. The Labute approximate surface area is 166 Å². The molecule has 1 amide bonds. The number of carbonyl (C=O) groups is 1. The van der Waals surface area contributed by atoms with Gasteiger partial charge in [-0.3, -0.25) is 4.79 Å². The summed E-state index contributed by atoms with van der Waals surface area (Å²) in [6.45, 7) is 1.24. The van der Waals surface area contributed by atoms with E-state index in [4.69, 9.17) is 14.0 Å². The molecule has 1 aliphatic rings. The molecule has 28 heavy (non-hydrogen) atoms. The summed E-state index contributed by atoms with van der Waals surface area (Å²) in [6.07, 6.45) is 1.80. The minimum Gasteiger partial charge on any atom is -0.497 e. The van der Waals surface area contributed by atoms with E-state index in [1.54, 1.807) is 43.8 Å². The van der Waals surface area contributed by atoms with Crippen molar-refractivity contribution >= 4 is 17.2 Å². The van der Waals surface area contributed by atoms with Crippen LogP contribution in [0.3, 0.4) is 0 Å². The summed E-state index contributed by atoms with van der Waals surface area (Å²) in [6, 6.07) is 9.14. The molecule has 2 aromatic heterocycles. The van der Waals surface area contributed by atoms with Crippen LogP contribution in [-0.4, -0.2) is 48.3 Å². The molecular weight excluding hydrogens is 378 g/mol. The average molecular weight is 399 g/mol. The lowest BCUT2D eigenvalue weighted by molar-refractivity contribution is 0.0695. The van der Waals surface area contributed by atoms with Crippen LogP contribution >= 0.6 is 11.3 Å². The van der Waals surface area contributed by atoms with Crippen LogP contribution in [0, 0.1) is 0 Å². The van der Waals surface area contributed by atoms with Gasteiger partial charge in [-0.15, -0.1) is 11.3 Å². The highest BCUT2D eigenvalue weighted by Gasteiger charge is 2.29. The van der Waals surface area contributed by atoms with Crippen LogP contribution in [0.15, 0.2) is 40.2 Å². The number of amides is 1. The molecule has 8 heteroatoms. The van der Waals surface area contributed by atoms with Crippen molar-refractivity contribution in [3.8, 4) is 22.2 Å². The molecule has 1 saturated heterocycles. The highest BCUT2D eigenvalue weighted by Crippen LogP contribution is 2.30. The molecule has 0 N–H and O–H groups in total. The second-order valence-electron chi connectivity index (χ2n) is 6.63. The smallest absolute Gasteiger partial charge is 0.254 e. The van der Waals surface area contributed by atoms with E-state index in [9.17, 15) is 4.79 Å². The number of hydrogen-bond donors (Lipinski definition) is 0. The van der Waals surface area contributed by atoms with Gasteiger partial charge in [-0.25, -0.2) is 0 Å². The lowest BCUT2D eigenvalue weighted by Gasteiger charge is -2.31. The number of thiophene rings is 1. The van der Waals surface area contributed by atoms with Crippen LogP contribution in [0.25, 0.3) is 10.7 Å². The summed E-state index contributed by atoms with van der Waals surface area (Å²) >= 11 is 1.57. The molecule has 0 bridgehead atoms. The number of likely N-dealkylation sites (tertiary alicyclic amines) is 1. The summed E-state index contributed by atoms with van der Waals surface area (Å²) < 4.78 is 16.1. The molecule has 0 saturated carbocycles. The Balaban J connectivity index is 1.52. The minimum atomic E-state index is -0.0557. The molecule has 1 aromatic carbocycles. The third-order valence-corrected chi connectivity index (χ3v) is 5.71. The standard InChI is InChI=1S/C20H21N3O4S/c1-25-15-9-14(10-16(11-15)26-2)20(24)23-7-3-5-13(12-23)19-21-18(22-27-19)17-6-4-8-28-17/h4,6,8-11,13H,3,5,7,12H2,1-2H3/t13-/m0/s1. The zero-order chi connectivity index (χ0) is 19.5. The fourth-order valence-electron chi connectivity index (χ4n) is 3.38. The van der Waals surface area contributed by atoms with Gasteiger partial charge in [0, 0.05) is 24.7 Å². The number of piperidine rings is 1. The molecule has 0 spiro atoms. The first-order valence-electron chi connectivity index (χ1n) is 9.07. The second kappa shape index (κ2) is 8.02. The maximum absolute atomic E-state index is 13.1. The van der Waals surface area contributed by atoms with Crippen LogP contribution in [0.2, 0.25) is 0 Å². The first-order valence-corrected chi connectivity index (χ1v) is 9.95. The van der Waals surface area contributed by atoms with E-state index in [0.29, 0.717) is 41.9 Å². The van der Waals surface area contributed by atoms with E-state index < -0.39 is 0 Å². The molecule has 146 valence electrons. The molecule has 1 fully saturated rings. The molecule has 4 rings (SSSR count). The molecular formula is C20H21N3O4S. The highest BCUT2D eigenvalue weighted by atomic mass is 32.1. The largest absolute Gasteiger partial charge is 0.497 e. The first kappa shape index (κ1) is 18.5. The molecule has 1 aliphatic heterocycles. The van der Waals surface area contributed by atoms with Gasteiger partial charge in [-0.1, -0.05) is 11.2 Å². The van der Waals surface area contributed by atoms with Crippen LogP contribution in [0.4, 0.5) is 0 Å². The minimum absolute atomic E-state index is 0.0337. The van der Waals surface area contributed by atoms with E-state index in [-0.39, 0.29) is 11.8 Å². The number of rotatable bonds is 5. The van der Waals surface area contributed by atoms with Crippen molar-refractivity contribution in [3.05, 3.63) is 47.2 Å². The van der Waals surface area contributed by atoms with Gasteiger partial charge in [0.25, 0.3) is 5.91 Å². The number of carbonyl (C=O) groups excluding carboxylic acids is 1. The lowest BCUT2D eigenvalue weighted by Crippen LogP contribution is -2.39. The van der Waals surface area contributed by atoms with Crippen molar-refractivity contribution in [3.63, 3.8) is 0 Å². The zero-order valence-corrected chi connectivity index (χ0v) is 16.6. The summed E-state index contributed by atoms with van der Waals surface area (Å²) in [7, 11) is 3.14. The van der Waals surface area contributed by atoms with Gasteiger partial charge in [-0.05, 0) is 36.4 Å². The quantitative estimate of drug-likeness (QED) is 0.649. The van der Waals surface area contributed by atoms with Gasteiger partial charge < -0.3 is 18.9 Å². The number of nitrogens with zero attached hydrogens (tertiary/aromatic N) is 3. The normalized spacial score (nSPS) is 16.8. The number of methoxy groups -OCH3 is 2. The van der Waals surface area contributed by atoms with Crippen LogP contribution in [0.1, 0.15) is 35.0 Å². The fraction of sp³-hybridized carbons (Fsp3) is 0.350. The average Bonchev–Trinajstić information content (AvgIpc) is 3.44. The number of ether oxygens (including phenoxy) is 2. The maximum atomic E-state index is 13.1. The summed E-state index contributed by atoms with van der Waals surface area (Å²) in [5.41, 5.74) is 0.543. The van der Waals surface area contributed by atoms with E-state index in [2.05, 4.69) is 10.1 Å². The van der Waals surface area contributed by atoms with Crippen LogP contribution in [0.5, 0.6) is 11.5 Å². The van der Waals surface area contributed by atoms with E-state index in [1.165, 1.54) is 0 Å². The second-order valence-corrected chi connectivity index (χ2v) is 7.57. The van der Waals surface area contributed by atoms with Crippen LogP contribution in [-0.2, 0) is 0 Å². The van der Waals surface area contributed by atoms with Crippen molar-refractivity contribution in [2.24, 2.45) is 0 Å². The van der Waals surface area contributed by atoms with Crippen molar-refractivity contribution < 1.29 is 18.8 Å². The topological polar surface area (TPSA) is 77.7 Å². The molecule has 0 aliphatic carbocycles. The summed E-state index contributed by atoms with van der Waals surface area (Å²) in [5.74, 6) is 2.35. The SMILES string of the molecule is COc1cc(OC)cc(C(=O)N2CCC[C@H](c3nc(-c4cccs4)no3)C2)c1. The molecule has 3 heterocycles. The zero-order valence-electron chi connectivity index (χ0n) is 15.8. The Kier molecular flexibility index (Phi) is 5.29. The molecule has 7 nitrogen and oxygen atoms in total. The number of benzene rings is 1. The molecule has 0 unspecified atom stereocenters. The molecule has 0 radical (unpaired) electrons. The Bertz CT molecular complexity index is 932. The van der Waals surface area contributed by atoms with Crippen molar-refractivity contribution in [2.45, 2.75) is 18.8 Å². The fourth-order valence-corrected chi connectivity index (χ4v) is 4.03. The van der Waals surface area contributed by atoms with Gasteiger partial charge in [0.15, 0.2) is 0 Å². The van der Waals surface area contributed by atoms with E-state index >= 15 is 0 Å². The lowest BCUT2D eigenvalue weighted by atomic mass is 9.97. The number of hydrogen-bond acceptors (Lipinski definition) is 7. The Morgan fingerprint density at radius 1 is 1.25 bits per heavy atom. The van der Waals surface area contributed by atoms with Crippen molar-refractivity contribution in [1.29, 1.82) is 0 Å². The monoisotopic (exact) mass is 399 g/mol. The Morgan fingerprint density at radius 2 is 2.04 bits per heavy atom. The molecule has 1 atom stereocenters. The van der Waals surface area contributed by atoms with Gasteiger partial charge in [0.1, 0.15) is 11.5 Å². The molecule has 3 aromatic rings. The maximum Gasteiger partial charge on any atom is 0.254 e. The third-order valence-electron chi connectivity index (χ3n) is 4.84. The van der Waals surface area contributed by atoms with Gasteiger partial charge in [0.2, 0.25) is 11.7 Å². The summed E-state index contributed by atoms with van der Waals surface area (Å²) in [4.78, 5) is 20.4. The van der Waals surface area contributed by atoms with Crippen molar-refractivity contribution in [2.75, 3.05) is 27.3 Å². The van der Waals surface area contributed by atoms with Gasteiger partial charge in [0.05, 0.1) is 25.0 Å². The van der Waals surface area contributed by atoms with E-state index in [1.807, 2.05) is 22.4 Å². The third kappa shape index (κ3) is 3.73. The number of aromatic nitrogens is 2. The summed E-state index contributed by atoms with van der Waals surface area (Å²) in [5, 5.41) is 6.08. The van der Waals surface area contributed by atoms with Crippen molar-refractivity contribution in [1.82, 2.24) is 15.0 Å². The predicted octanol–water partition coefficient (Wildman–Crippen LogP) is 3.84. The van der Waals surface area contributed by atoms with Gasteiger partial charge in [-0.2, -0.15) is 4.98 Å². The van der Waals surface area contributed by atoms with Crippen LogP contribution < -0.4 is 9.47 Å². The van der Waals surface area contributed by atoms with E-state index in [0.717, 1.165) is 17.7 Å².